The Kier molecular flexibility index (Phi) is 9.61. The Morgan fingerprint density at radius 2 is 1.38 bits per heavy atom. The van der Waals surface area contributed by atoms with Gasteiger partial charge in [0, 0.05) is 0 Å². The number of hydrogen-bond acceptors (Lipinski definition) is 2. The second-order valence-corrected chi connectivity index (χ2v) is 19.5. The molecule has 0 bridgehead atoms. The van der Waals surface area contributed by atoms with Crippen LogP contribution < -0.4 is 3.71 Å². The summed E-state index contributed by atoms with van der Waals surface area (Å²) in [5, 5.41) is 8.71. The fourth-order valence-corrected chi connectivity index (χ4v) is 19.5. The second-order valence-electron chi connectivity index (χ2n) is 6.43. The van der Waals surface area contributed by atoms with E-state index < -0.39 is 18.4 Å². The van der Waals surface area contributed by atoms with E-state index in [1.54, 1.807) is 3.71 Å². The minimum atomic E-state index is -2.31. The zero-order valence-electron chi connectivity index (χ0n) is 14.7. The van der Waals surface area contributed by atoms with Crippen LogP contribution in [0.15, 0.2) is 6.20 Å². The summed E-state index contributed by atoms with van der Waals surface area (Å²) in [5.74, 6) is 0. The Morgan fingerprint density at radius 1 is 0.857 bits per heavy atom. The van der Waals surface area contributed by atoms with Crippen LogP contribution in [0.2, 0.25) is 13.3 Å². The topological polar surface area (TPSA) is 30.7 Å². The number of aryl methyl sites for hydroxylation is 1. The van der Waals surface area contributed by atoms with E-state index in [1.165, 1.54) is 51.8 Å². The summed E-state index contributed by atoms with van der Waals surface area (Å²) in [6.07, 6.45) is 11.5. The molecule has 0 N–H and O–H groups in total. The van der Waals surface area contributed by atoms with Crippen LogP contribution in [-0.2, 0) is 6.54 Å². The normalized spacial score (nSPS) is 12.0. The van der Waals surface area contributed by atoms with Crippen LogP contribution in [0.5, 0.6) is 0 Å². The summed E-state index contributed by atoms with van der Waals surface area (Å²) in [5.41, 5.74) is 0. The summed E-state index contributed by atoms with van der Waals surface area (Å²) in [6.45, 7) is 10.3. The van der Waals surface area contributed by atoms with E-state index in [4.69, 9.17) is 0 Å². The molecule has 21 heavy (non-hydrogen) atoms. The van der Waals surface area contributed by atoms with E-state index in [0.717, 1.165) is 13.0 Å². The van der Waals surface area contributed by atoms with Crippen LogP contribution in [-0.4, -0.2) is 33.4 Å². The van der Waals surface area contributed by atoms with Crippen LogP contribution in [0.1, 0.15) is 72.6 Å². The number of unbranched alkanes of at least 4 members (excludes halogenated alkanes) is 3. The van der Waals surface area contributed by atoms with Gasteiger partial charge in [-0.15, -0.1) is 0 Å². The molecule has 1 heterocycles. The fraction of sp³-hybridized carbons (Fsp3) is 0.882. The first-order chi connectivity index (χ1) is 10.2. The Morgan fingerprint density at radius 3 is 1.81 bits per heavy atom. The van der Waals surface area contributed by atoms with Crippen molar-refractivity contribution in [2.24, 2.45) is 0 Å². The molecule has 0 radical (unpaired) electrons. The standard InChI is InChI=1S/C5H8N3.3C4H9.Sn/c1-2-4-8-5-3-6-7-8;3*1-3-4-2;/h3H,2,4H2,1H3;3*1,3-4H2,2H3;. The molecule has 0 fully saturated rings. The maximum atomic E-state index is 4.42. The average Bonchev–Trinajstić information content (AvgIpc) is 2.96. The molecule has 0 unspecified atom stereocenters. The first kappa shape index (κ1) is 19.0. The molecule has 0 aliphatic heterocycles. The quantitative estimate of drug-likeness (QED) is 0.475. The van der Waals surface area contributed by atoms with Gasteiger partial charge in [0.2, 0.25) is 0 Å². The second kappa shape index (κ2) is 10.6. The molecule has 0 saturated heterocycles. The summed E-state index contributed by atoms with van der Waals surface area (Å²) >= 11 is -2.31. The molecule has 1 rings (SSSR count). The zero-order valence-corrected chi connectivity index (χ0v) is 17.6. The first-order valence-electron chi connectivity index (χ1n) is 9.13. The Bertz CT molecular complexity index is 354. The van der Waals surface area contributed by atoms with Gasteiger partial charge in [0.05, 0.1) is 0 Å². The number of aromatic nitrogens is 3. The molecule has 0 atom stereocenters. The number of nitrogens with zero attached hydrogens (tertiary/aromatic N) is 3. The molecule has 4 heteroatoms. The van der Waals surface area contributed by atoms with Gasteiger partial charge in [-0.25, -0.2) is 0 Å². The summed E-state index contributed by atoms with van der Waals surface area (Å²) < 4.78 is 8.39. The Balaban J connectivity index is 3.06. The van der Waals surface area contributed by atoms with Crippen LogP contribution in [0.4, 0.5) is 0 Å². The van der Waals surface area contributed by atoms with Crippen molar-refractivity contribution in [2.75, 3.05) is 0 Å². The van der Waals surface area contributed by atoms with E-state index in [9.17, 15) is 0 Å². The van der Waals surface area contributed by atoms with Gasteiger partial charge >= 0.3 is 136 Å². The zero-order chi connectivity index (χ0) is 15.6. The van der Waals surface area contributed by atoms with Crippen molar-refractivity contribution in [1.82, 2.24) is 15.0 Å². The molecule has 1 aromatic rings. The van der Waals surface area contributed by atoms with Crippen molar-refractivity contribution in [3.8, 4) is 0 Å². The molecule has 0 aliphatic carbocycles. The van der Waals surface area contributed by atoms with Crippen LogP contribution in [0, 0.1) is 0 Å². The van der Waals surface area contributed by atoms with Crippen LogP contribution in [0.3, 0.4) is 0 Å². The number of rotatable bonds is 12. The molecule has 0 spiro atoms. The third kappa shape index (κ3) is 5.57. The van der Waals surface area contributed by atoms with Gasteiger partial charge in [0.15, 0.2) is 0 Å². The molecule has 0 saturated carbocycles. The van der Waals surface area contributed by atoms with E-state index in [-0.39, 0.29) is 0 Å². The van der Waals surface area contributed by atoms with Crippen LogP contribution in [0.25, 0.3) is 0 Å². The molecule has 0 aliphatic rings. The van der Waals surface area contributed by atoms with Gasteiger partial charge in [0.1, 0.15) is 0 Å². The van der Waals surface area contributed by atoms with E-state index in [2.05, 4.69) is 48.9 Å². The van der Waals surface area contributed by atoms with Crippen molar-refractivity contribution in [3.63, 3.8) is 0 Å². The van der Waals surface area contributed by atoms with Gasteiger partial charge in [-0.05, 0) is 0 Å². The Hall–Kier alpha value is -0.0613. The van der Waals surface area contributed by atoms with Gasteiger partial charge in [-0.2, -0.15) is 0 Å². The number of hydrogen-bond donors (Lipinski definition) is 0. The SMILES string of the molecule is CCC[CH2][Sn]([CH2]CCC)([CH2]CCC)[c]1cnnn1CCC. The molecule has 1 aromatic heterocycles. The maximum absolute atomic E-state index is 4.42. The van der Waals surface area contributed by atoms with Gasteiger partial charge in [-0.1, -0.05) is 0 Å². The van der Waals surface area contributed by atoms with Crippen molar-refractivity contribution in [2.45, 2.75) is 92.5 Å². The monoisotopic (exact) mass is 401 g/mol. The molecule has 3 nitrogen and oxygen atoms in total. The average molecular weight is 400 g/mol. The van der Waals surface area contributed by atoms with E-state index in [1.807, 2.05) is 0 Å². The predicted molar refractivity (Wildman–Crippen MR) is 94.8 cm³/mol. The fourth-order valence-electron chi connectivity index (χ4n) is 3.35. The summed E-state index contributed by atoms with van der Waals surface area (Å²) in [4.78, 5) is 0. The molecular weight excluding hydrogens is 365 g/mol. The molecule has 0 aromatic carbocycles. The van der Waals surface area contributed by atoms with Crippen molar-refractivity contribution in [1.29, 1.82) is 0 Å². The van der Waals surface area contributed by atoms with Gasteiger partial charge < -0.3 is 0 Å². The Labute approximate surface area is 135 Å². The van der Waals surface area contributed by atoms with E-state index in [0.29, 0.717) is 0 Å². The molecular formula is C17H35N3Sn. The predicted octanol–water partition coefficient (Wildman–Crippen LogP) is 4.74. The van der Waals surface area contributed by atoms with E-state index >= 15 is 0 Å². The van der Waals surface area contributed by atoms with Crippen molar-refractivity contribution < 1.29 is 0 Å². The minimum absolute atomic E-state index is 1.05. The third-order valence-electron chi connectivity index (χ3n) is 4.62. The van der Waals surface area contributed by atoms with Gasteiger partial charge in [-0.3, -0.25) is 0 Å². The summed E-state index contributed by atoms with van der Waals surface area (Å²) in [7, 11) is 0. The molecule has 122 valence electrons. The van der Waals surface area contributed by atoms with Gasteiger partial charge in [0.25, 0.3) is 0 Å². The summed E-state index contributed by atoms with van der Waals surface area (Å²) in [6, 6.07) is 0. The van der Waals surface area contributed by atoms with Crippen LogP contribution >= 0.6 is 0 Å². The van der Waals surface area contributed by atoms with Crippen molar-refractivity contribution in [3.05, 3.63) is 6.20 Å². The van der Waals surface area contributed by atoms with Crippen molar-refractivity contribution >= 4 is 22.1 Å². The third-order valence-corrected chi connectivity index (χ3v) is 20.1. The first-order valence-corrected chi connectivity index (χ1v) is 16.6. The molecule has 0 amide bonds.